The van der Waals surface area contributed by atoms with Crippen molar-refractivity contribution in [1.82, 2.24) is 5.32 Å². The molecule has 0 spiro atoms. The van der Waals surface area contributed by atoms with Crippen molar-refractivity contribution < 1.29 is 9.53 Å². The molecule has 80 valence electrons. The fourth-order valence-corrected chi connectivity index (χ4v) is 0.626. The molecule has 0 atom stereocenters. The molecule has 4 heteroatoms. The van der Waals surface area contributed by atoms with Gasteiger partial charge in [-0.25, -0.2) is 4.79 Å². The van der Waals surface area contributed by atoms with Gasteiger partial charge in [0.2, 0.25) is 0 Å². The van der Waals surface area contributed by atoms with Gasteiger partial charge in [-0.05, 0) is 19.8 Å². The van der Waals surface area contributed by atoms with Crippen LogP contribution in [0.25, 0.3) is 0 Å². The first kappa shape index (κ1) is 12.8. The molecule has 0 aromatic rings. The van der Waals surface area contributed by atoms with Crippen LogP contribution in [0, 0.1) is 22.7 Å². The minimum Gasteiger partial charge on any atom is -0.449 e. The number of nitrogens with zero attached hydrogens (tertiary/aromatic N) is 1. The lowest BCUT2D eigenvalue weighted by atomic mass is 9.96. The number of nitrogens with one attached hydrogen (secondary N) is 1. The summed E-state index contributed by atoms with van der Waals surface area (Å²) in [6.07, 6.45) is -0.456. The third kappa shape index (κ3) is 6.30. The molecule has 1 N–H and O–H groups in total. The van der Waals surface area contributed by atoms with Crippen LogP contribution in [0.2, 0.25) is 0 Å². The van der Waals surface area contributed by atoms with E-state index < -0.39 is 11.5 Å². The van der Waals surface area contributed by atoms with E-state index in [0.717, 1.165) is 0 Å². The van der Waals surface area contributed by atoms with E-state index in [4.69, 9.17) is 10.00 Å². The average Bonchev–Trinajstić information content (AvgIpc) is 2.11. The first-order valence-electron chi connectivity index (χ1n) is 4.69. The summed E-state index contributed by atoms with van der Waals surface area (Å²) in [7, 11) is 0. The lowest BCUT2D eigenvalue weighted by molar-refractivity contribution is 0.130. The van der Waals surface area contributed by atoms with Gasteiger partial charge in [0.25, 0.3) is 0 Å². The normalized spacial score (nSPS) is 10.9. The van der Waals surface area contributed by atoms with E-state index in [-0.39, 0.29) is 0 Å². The second kappa shape index (κ2) is 5.48. The molecule has 0 aliphatic rings. The van der Waals surface area contributed by atoms with Crippen molar-refractivity contribution >= 4 is 6.09 Å². The van der Waals surface area contributed by atoms with E-state index in [9.17, 15) is 4.79 Å². The predicted molar refractivity (Wildman–Crippen MR) is 53.6 cm³/mol. The molecule has 14 heavy (non-hydrogen) atoms. The van der Waals surface area contributed by atoms with Gasteiger partial charge in [-0.3, -0.25) is 0 Å². The minimum atomic E-state index is -0.545. The molecule has 0 aliphatic carbocycles. The molecule has 0 saturated heterocycles. The van der Waals surface area contributed by atoms with Crippen LogP contribution < -0.4 is 5.32 Å². The van der Waals surface area contributed by atoms with Crippen LogP contribution in [0.3, 0.4) is 0 Å². The van der Waals surface area contributed by atoms with Crippen LogP contribution in [0.1, 0.15) is 27.7 Å². The first-order chi connectivity index (χ1) is 6.37. The summed E-state index contributed by atoms with van der Waals surface area (Å²) in [6, 6.07) is 2.09. The number of amides is 1. The molecule has 0 aliphatic heterocycles. The monoisotopic (exact) mass is 198 g/mol. The van der Waals surface area contributed by atoms with E-state index in [0.29, 0.717) is 19.1 Å². The van der Waals surface area contributed by atoms with E-state index >= 15 is 0 Å². The Hall–Kier alpha value is -1.24. The van der Waals surface area contributed by atoms with Crippen LogP contribution in [0.5, 0.6) is 0 Å². The summed E-state index contributed by atoms with van der Waals surface area (Å²) in [5, 5.41) is 11.2. The summed E-state index contributed by atoms with van der Waals surface area (Å²) in [5.41, 5.74) is -0.545. The third-order valence-corrected chi connectivity index (χ3v) is 1.53. The van der Waals surface area contributed by atoms with Crippen molar-refractivity contribution in [1.29, 1.82) is 5.26 Å². The van der Waals surface area contributed by atoms with Gasteiger partial charge in [-0.15, -0.1) is 0 Å². The Bertz CT molecular complexity index is 229. The number of carbonyl (C=O) groups is 1. The van der Waals surface area contributed by atoms with Crippen LogP contribution in [0.4, 0.5) is 4.79 Å². The van der Waals surface area contributed by atoms with Crippen molar-refractivity contribution in [3.63, 3.8) is 0 Å². The van der Waals surface area contributed by atoms with Gasteiger partial charge in [0.15, 0.2) is 0 Å². The van der Waals surface area contributed by atoms with Crippen molar-refractivity contribution in [2.45, 2.75) is 27.7 Å². The molecule has 0 unspecified atom stereocenters. The Kier molecular flexibility index (Phi) is 5.00. The molecule has 1 amide bonds. The largest absolute Gasteiger partial charge is 0.449 e. The maximum absolute atomic E-state index is 11.1. The lowest BCUT2D eigenvalue weighted by Gasteiger charge is -2.16. The summed E-state index contributed by atoms with van der Waals surface area (Å²) >= 11 is 0. The molecule has 0 saturated carbocycles. The highest BCUT2D eigenvalue weighted by atomic mass is 16.5. The molecule has 0 aromatic carbocycles. The number of hydrogen-bond acceptors (Lipinski definition) is 3. The summed E-state index contributed by atoms with van der Waals surface area (Å²) in [6.45, 7) is 8.16. The molecule has 0 fully saturated rings. The number of nitriles is 1. The standard InChI is InChI=1S/C10H18N2O2/c1-8(2)5-14-9(13)12-7-10(3,4)6-11/h8H,5,7H2,1-4H3,(H,12,13). The zero-order valence-corrected chi connectivity index (χ0v) is 9.26. The van der Waals surface area contributed by atoms with Gasteiger partial charge in [0.05, 0.1) is 18.1 Å². The number of carbonyl (C=O) groups excluding carboxylic acids is 1. The first-order valence-corrected chi connectivity index (χ1v) is 4.69. The van der Waals surface area contributed by atoms with E-state index in [1.165, 1.54) is 0 Å². The van der Waals surface area contributed by atoms with Crippen LogP contribution in [-0.4, -0.2) is 19.2 Å². The van der Waals surface area contributed by atoms with Crippen LogP contribution >= 0.6 is 0 Å². The molecular weight excluding hydrogens is 180 g/mol. The number of hydrogen-bond donors (Lipinski definition) is 1. The molecule has 0 radical (unpaired) electrons. The van der Waals surface area contributed by atoms with Crippen molar-refractivity contribution in [2.75, 3.05) is 13.2 Å². The predicted octanol–water partition coefficient (Wildman–Crippen LogP) is 1.92. The third-order valence-electron chi connectivity index (χ3n) is 1.53. The number of alkyl carbamates (subject to hydrolysis) is 1. The average molecular weight is 198 g/mol. The van der Waals surface area contributed by atoms with E-state index in [2.05, 4.69) is 11.4 Å². The number of ether oxygens (including phenoxy) is 1. The second-order valence-corrected chi connectivity index (χ2v) is 4.34. The lowest BCUT2D eigenvalue weighted by Crippen LogP contribution is -2.34. The van der Waals surface area contributed by atoms with Crippen molar-refractivity contribution in [3.8, 4) is 6.07 Å². The smallest absolute Gasteiger partial charge is 0.407 e. The molecule has 0 aromatic heterocycles. The number of rotatable bonds is 4. The van der Waals surface area contributed by atoms with Gasteiger partial charge in [-0.1, -0.05) is 13.8 Å². The summed E-state index contributed by atoms with van der Waals surface area (Å²) in [4.78, 5) is 11.1. The second-order valence-electron chi connectivity index (χ2n) is 4.34. The SMILES string of the molecule is CC(C)COC(=O)NCC(C)(C)C#N. The molecular formula is C10H18N2O2. The van der Waals surface area contributed by atoms with E-state index in [1.807, 2.05) is 13.8 Å². The van der Waals surface area contributed by atoms with Gasteiger partial charge in [0.1, 0.15) is 0 Å². The highest BCUT2D eigenvalue weighted by Crippen LogP contribution is 2.10. The summed E-state index contributed by atoms with van der Waals surface area (Å²) < 4.78 is 4.88. The van der Waals surface area contributed by atoms with Gasteiger partial charge >= 0.3 is 6.09 Å². The fraction of sp³-hybridized carbons (Fsp3) is 0.800. The zero-order valence-electron chi connectivity index (χ0n) is 9.26. The maximum atomic E-state index is 11.1. The summed E-state index contributed by atoms with van der Waals surface area (Å²) in [5.74, 6) is 0.324. The van der Waals surface area contributed by atoms with Crippen molar-refractivity contribution in [3.05, 3.63) is 0 Å². The van der Waals surface area contributed by atoms with Crippen LogP contribution in [-0.2, 0) is 4.74 Å². The molecule has 0 heterocycles. The van der Waals surface area contributed by atoms with Crippen molar-refractivity contribution in [2.24, 2.45) is 11.3 Å². The Morgan fingerprint density at radius 3 is 2.57 bits per heavy atom. The van der Waals surface area contributed by atoms with Crippen LogP contribution in [0.15, 0.2) is 0 Å². The Morgan fingerprint density at radius 1 is 1.57 bits per heavy atom. The Balaban J connectivity index is 3.71. The zero-order chi connectivity index (χ0) is 11.2. The van der Waals surface area contributed by atoms with Gasteiger partial charge in [0, 0.05) is 6.54 Å². The maximum Gasteiger partial charge on any atom is 0.407 e. The molecule has 0 rings (SSSR count). The fourth-order valence-electron chi connectivity index (χ4n) is 0.626. The van der Waals surface area contributed by atoms with Gasteiger partial charge < -0.3 is 10.1 Å². The minimum absolute atomic E-state index is 0.306. The highest BCUT2D eigenvalue weighted by molar-refractivity contribution is 5.67. The molecule has 4 nitrogen and oxygen atoms in total. The molecule has 0 bridgehead atoms. The topological polar surface area (TPSA) is 62.1 Å². The Morgan fingerprint density at radius 2 is 2.14 bits per heavy atom. The highest BCUT2D eigenvalue weighted by Gasteiger charge is 2.17. The Labute approximate surface area is 85.2 Å². The van der Waals surface area contributed by atoms with Gasteiger partial charge in [-0.2, -0.15) is 5.26 Å². The van der Waals surface area contributed by atoms with E-state index in [1.54, 1.807) is 13.8 Å². The quantitative estimate of drug-likeness (QED) is 0.750.